The Bertz CT molecular complexity index is 941. The number of nitrogens with zero attached hydrogens (tertiary/aromatic N) is 1. The zero-order valence-electron chi connectivity index (χ0n) is 13.3. The Kier molecular flexibility index (Phi) is 4.04. The third kappa shape index (κ3) is 2.86. The lowest BCUT2D eigenvalue weighted by molar-refractivity contribution is 0.100. The van der Waals surface area contributed by atoms with Gasteiger partial charge in [-0.05, 0) is 42.8 Å². The number of carbonyl (C=O) groups excluding carboxylic acids is 1. The summed E-state index contributed by atoms with van der Waals surface area (Å²) in [7, 11) is 1.57. The molecule has 0 aliphatic heterocycles. The molecule has 2 aromatic carbocycles. The number of hydrogen-bond acceptors (Lipinski definition) is 4. The van der Waals surface area contributed by atoms with E-state index in [9.17, 15) is 9.18 Å². The molecule has 122 valence electrons. The van der Waals surface area contributed by atoms with Crippen LogP contribution in [0.4, 0.5) is 15.8 Å². The summed E-state index contributed by atoms with van der Waals surface area (Å²) >= 11 is 0. The molecule has 3 aromatic rings. The van der Waals surface area contributed by atoms with Crippen molar-refractivity contribution in [3.8, 4) is 5.75 Å². The largest absolute Gasteiger partial charge is 0.497 e. The molecule has 0 aliphatic rings. The fourth-order valence-electron chi connectivity index (χ4n) is 2.52. The number of amides is 1. The van der Waals surface area contributed by atoms with Crippen LogP contribution in [0.15, 0.2) is 42.6 Å². The van der Waals surface area contributed by atoms with E-state index in [1.807, 2.05) is 0 Å². The molecule has 6 heteroatoms. The van der Waals surface area contributed by atoms with E-state index in [1.165, 1.54) is 18.3 Å². The molecule has 1 heterocycles. The van der Waals surface area contributed by atoms with Crippen LogP contribution in [0.3, 0.4) is 0 Å². The summed E-state index contributed by atoms with van der Waals surface area (Å²) in [5.41, 5.74) is 8.32. The molecule has 0 atom stereocenters. The van der Waals surface area contributed by atoms with Crippen molar-refractivity contribution in [3.63, 3.8) is 0 Å². The summed E-state index contributed by atoms with van der Waals surface area (Å²) < 4.78 is 18.5. The highest BCUT2D eigenvalue weighted by Crippen LogP contribution is 2.32. The number of methoxy groups -OCH3 is 1. The number of nitrogens with one attached hydrogen (secondary N) is 1. The van der Waals surface area contributed by atoms with Gasteiger partial charge in [-0.25, -0.2) is 4.39 Å². The molecule has 0 bridgehead atoms. The van der Waals surface area contributed by atoms with Gasteiger partial charge in [-0.15, -0.1) is 0 Å². The SMILES string of the molecule is COc1ccc2c(Nc3ccc(F)cc3C)c(C(N)=O)cnc2c1. The van der Waals surface area contributed by atoms with Gasteiger partial charge in [-0.1, -0.05) is 0 Å². The minimum Gasteiger partial charge on any atom is -0.497 e. The first kappa shape index (κ1) is 15.7. The number of aromatic nitrogens is 1. The number of primary amides is 1. The van der Waals surface area contributed by atoms with E-state index in [0.29, 0.717) is 28.2 Å². The molecule has 0 fully saturated rings. The molecule has 1 amide bonds. The molecule has 0 saturated heterocycles. The van der Waals surface area contributed by atoms with Crippen LogP contribution in [0.25, 0.3) is 10.9 Å². The molecule has 3 N–H and O–H groups in total. The number of fused-ring (bicyclic) bond motifs is 1. The zero-order chi connectivity index (χ0) is 17.3. The maximum atomic E-state index is 13.3. The van der Waals surface area contributed by atoms with Gasteiger partial charge in [0.2, 0.25) is 0 Å². The number of hydrogen-bond donors (Lipinski definition) is 2. The monoisotopic (exact) mass is 325 g/mol. The Morgan fingerprint density at radius 1 is 1.25 bits per heavy atom. The van der Waals surface area contributed by atoms with Crippen molar-refractivity contribution in [3.05, 3.63) is 59.5 Å². The predicted octanol–water partition coefficient (Wildman–Crippen LogP) is 3.53. The number of ether oxygens (including phenoxy) is 1. The quantitative estimate of drug-likeness (QED) is 0.769. The van der Waals surface area contributed by atoms with Crippen LogP contribution in [0.5, 0.6) is 5.75 Å². The van der Waals surface area contributed by atoms with Crippen molar-refractivity contribution in [2.24, 2.45) is 5.73 Å². The summed E-state index contributed by atoms with van der Waals surface area (Å²) in [6, 6.07) is 9.73. The minimum atomic E-state index is -0.595. The predicted molar refractivity (Wildman–Crippen MR) is 91.2 cm³/mol. The van der Waals surface area contributed by atoms with Gasteiger partial charge >= 0.3 is 0 Å². The lowest BCUT2D eigenvalue weighted by atomic mass is 10.1. The highest BCUT2D eigenvalue weighted by atomic mass is 19.1. The standard InChI is InChI=1S/C18H16FN3O2/c1-10-7-11(19)3-6-15(10)22-17-13-5-4-12(24-2)8-16(13)21-9-14(17)18(20)23/h3-9H,1-2H3,(H2,20,23)(H,21,22). The lowest BCUT2D eigenvalue weighted by Crippen LogP contribution is -2.14. The van der Waals surface area contributed by atoms with Gasteiger partial charge in [-0.2, -0.15) is 0 Å². The van der Waals surface area contributed by atoms with Crippen LogP contribution in [0.1, 0.15) is 15.9 Å². The first-order valence-corrected chi connectivity index (χ1v) is 7.29. The average molecular weight is 325 g/mol. The van der Waals surface area contributed by atoms with Crippen LogP contribution in [0, 0.1) is 12.7 Å². The van der Waals surface area contributed by atoms with Crippen LogP contribution in [0.2, 0.25) is 0 Å². The van der Waals surface area contributed by atoms with Gasteiger partial charge in [0.05, 0.1) is 23.9 Å². The molecule has 0 radical (unpaired) electrons. The minimum absolute atomic E-state index is 0.261. The van der Waals surface area contributed by atoms with E-state index in [1.54, 1.807) is 38.3 Å². The number of benzene rings is 2. The van der Waals surface area contributed by atoms with Crippen molar-refractivity contribution in [2.45, 2.75) is 6.92 Å². The molecule has 0 saturated carbocycles. The van der Waals surface area contributed by atoms with Crippen molar-refractivity contribution in [1.29, 1.82) is 0 Å². The van der Waals surface area contributed by atoms with Crippen LogP contribution < -0.4 is 15.8 Å². The Balaban J connectivity index is 2.19. The molecule has 24 heavy (non-hydrogen) atoms. The Hall–Kier alpha value is -3.15. The smallest absolute Gasteiger partial charge is 0.252 e. The summed E-state index contributed by atoms with van der Waals surface area (Å²) in [6.45, 7) is 1.78. The third-order valence-corrected chi connectivity index (χ3v) is 3.79. The summed E-state index contributed by atoms with van der Waals surface area (Å²) in [6.07, 6.45) is 1.42. The number of carbonyl (C=O) groups is 1. The van der Waals surface area contributed by atoms with Crippen molar-refractivity contribution >= 4 is 28.2 Å². The fraction of sp³-hybridized carbons (Fsp3) is 0.111. The number of rotatable bonds is 4. The summed E-state index contributed by atoms with van der Waals surface area (Å²) in [5.74, 6) is -0.259. The maximum Gasteiger partial charge on any atom is 0.252 e. The number of pyridine rings is 1. The van der Waals surface area contributed by atoms with Gasteiger partial charge in [0.25, 0.3) is 5.91 Å². The fourth-order valence-corrected chi connectivity index (χ4v) is 2.52. The Morgan fingerprint density at radius 3 is 2.71 bits per heavy atom. The highest BCUT2D eigenvalue weighted by molar-refractivity contribution is 6.07. The Morgan fingerprint density at radius 2 is 2.04 bits per heavy atom. The van der Waals surface area contributed by atoms with Gasteiger partial charge in [0.15, 0.2) is 0 Å². The normalized spacial score (nSPS) is 10.6. The third-order valence-electron chi connectivity index (χ3n) is 3.79. The second-order valence-corrected chi connectivity index (χ2v) is 5.38. The maximum absolute atomic E-state index is 13.3. The van der Waals surface area contributed by atoms with E-state index >= 15 is 0 Å². The highest BCUT2D eigenvalue weighted by Gasteiger charge is 2.15. The van der Waals surface area contributed by atoms with Crippen molar-refractivity contribution < 1.29 is 13.9 Å². The van der Waals surface area contributed by atoms with Crippen LogP contribution in [-0.4, -0.2) is 18.0 Å². The van der Waals surface area contributed by atoms with Gasteiger partial charge in [-0.3, -0.25) is 9.78 Å². The van der Waals surface area contributed by atoms with E-state index in [0.717, 1.165) is 5.39 Å². The molecule has 0 spiro atoms. The van der Waals surface area contributed by atoms with Crippen molar-refractivity contribution in [2.75, 3.05) is 12.4 Å². The molecule has 3 rings (SSSR count). The number of nitrogens with two attached hydrogens (primary N) is 1. The number of aryl methyl sites for hydroxylation is 1. The summed E-state index contributed by atoms with van der Waals surface area (Å²) in [5, 5.41) is 3.90. The molecule has 0 unspecified atom stereocenters. The van der Waals surface area contributed by atoms with Gasteiger partial charge in [0.1, 0.15) is 11.6 Å². The molecule has 1 aromatic heterocycles. The second kappa shape index (κ2) is 6.16. The Labute approximate surface area is 138 Å². The van der Waals surface area contributed by atoms with Gasteiger partial charge in [0, 0.05) is 23.3 Å². The molecule has 5 nitrogen and oxygen atoms in total. The van der Waals surface area contributed by atoms with Gasteiger partial charge < -0.3 is 15.8 Å². The molecular weight excluding hydrogens is 309 g/mol. The summed E-state index contributed by atoms with van der Waals surface area (Å²) in [4.78, 5) is 16.0. The topological polar surface area (TPSA) is 77.2 Å². The molecular formula is C18H16FN3O2. The molecule has 0 aliphatic carbocycles. The average Bonchev–Trinajstić information content (AvgIpc) is 2.56. The van der Waals surface area contributed by atoms with E-state index in [2.05, 4.69) is 10.3 Å². The first-order valence-electron chi connectivity index (χ1n) is 7.29. The zero-order valence-corrected chi connectivity index (χ0v) is 13.3. The van der Waals surface area contributed by atoms with E-state index < -0.39 is 5.91 Å². The lowest BCUT2D eigenvalue weighted by Gasteiger charge is -2.15. The van der Waals surface area contributed by atoms with E-state index in [-0.39, 0.29) is 11.4 Å². The number of anilines is 2. The first-order chi connectivity index (χ1) is 11.5. The van der Waals surface area contributed by atoms with E-state index in [4.69, 9.17) is 10.5 Å². The van der Waals surface area contributed by atoms with Crippen molar-refractivity contribution in [1.82, 2.24) is 4.98 Å². The van der Waals surface area contributed by atoms with Crippen LogP contribution >= 0.6 is 0 Å². The van der Waals surface area contributed by atoms with Crippen LogP contribution in [-0.2, 0) is 0 Å². The number of halogens is 1. The second-order valence-electron chi connectivity index (χ2n) is 5.38.